The molecule has 2 rings (SSSR count). The molecule has 0 heterocycles. The maximum atomic E-state index is 13.0. The first-order valence-electron chi connectivity index (χ1n) is 9.37. The van der Waals surface area contributed by atoms with E-state index in [4.69, 9.17) is 13.8 Å². The van der Waals surface area contributed by atoms with Crippen LogP contribution in [0.5, 0.6) is 0 Å². The van der Waals surface area contributed by atoms with Crippen LogP contribution in [0.4, 0.5) is 4.79 Å². The predicted octanol–water partition coefficient (Wildman–Crippen LogP) is 5.23. The third-order valence-electron chi connectivity index (χ3n) is 4.04. The summed E-state index contributed by atoms with van der Waals surface area (Å²) < 4.78 is 29.1. The lowest BCUT2D eigenvalue weighted by Gasteiger charge is -2.24. The van der Waals surface area contributed by atoms with E-state index in [-0.39, 0.29) is 26.0 Å². The SMILES string of the molecule is CCOP(=O)(C[C@H](NC(=O)OCc1ccccc1)c1ccc(C)cc1)OCC. The van der Waals surface area contributed by atoms with Crippen molar-refractivity contribution in [3.8, 4) is 0 Å². The number of ether oxygens (including phenoxy) is 1. The fourth-order valence-corrected chi connectivity index (χ4v) is 4.52. The van der Waals surface area contributed by atoms with E-state index in [9.17, 15) is 9.36 Å². The monoisotopic (exact) mass is 405 g/mol. The van der Waals surface area contributed by atoms with Gasteiger partial charge in [0.25, 0.3) is 0 Å². The first-order valence-corrected chi connectivity index (χ1v) is 11.1. The van der Waals surface area contributed by atoms with E-state index in [1.165, 1.54) is 0 Å². The van der Waals surface area contributed by atoms with Crippen molar-refractivity contribution in [2.45, 2.75) is 33.4 Å². The van der Waals surface area contributed by atoms with Crippen LogP contribution in [0.1, 0.15) is 36.6 Å². The molecule has 6 nitrogen and oxygen atoms in total. The Morgan fingerprint density at radius 2 is 1.61 bits per heavy atom. The second-order valence-corrected chi connectivity index (χ2v) is 8.40. The molecule has 0 spiro atoms. The van der Waals surface area contributed by atoms with Gasteiger partial charge in [0.1, 0.15) is 6.61 Å². The Balaban J connectivity index is 2.12. The molecule has 2 aromatic carbocycles. The number of alkyl carbamates (subject to hydrolysis) is 1. The van der Waals surface area contributed by atoms with Crippen LogP contribution < -0.4 is 5.32 Å². The molecular formula is C21H28NO5P. The lowest BCUT2D eigenvalue weighted by atomic mass is 10.1. The Morgan fingerprint density at radius 3 is 2.18 bits per heavy atom. The van der Waals surface area contributed by atoms with Crippen molar-refractivity contribution in [1.29, 1.82) is 0 Å². The van der Waals surface area contributed by atoms with Crippen LogP contribution in [0, 0.1) is 6.92 Å². The number of carbonyl (C=O) groups excluding carboxylic acids is 1. The van der Waals surface area contributed by atoms with Gasteiger partial charge in [-0.2, -0.15) is 0 Å². The van der Waals surface area contributed by atoms with Gasteiger partial charge in [0.15, 0.2) is 0 Å². The standard InChI is InChI=1S/C21H28NO5P/c1-4-26-28(24,27-5-2)16-20(19-13-11-17(3)12-14-19)22-21(23)25-15-18-9-7-6-8-10-18/h6-14,20H,4-5,15-16H2,1-3H3,(H,22,23)/t20-/m0/s1. The van der Waals surface area contributed by atoms with Crippen LogP contribution in [0.3, 0.4) is 0 Å². The molecule has 0 saturated heterocycles. The second-order valence-electron chi connectivity index (χ2n) is 6.30. The van der Waals surface area contributed by atoms with Crippen LogP contribution in [0.15, 0.2) is 54.6 Å². The number of benzene rings is 2. The van der Waals surface area contributed by atoms with Crippen molar-refractivity contribution in [3.63, 3.8) is 0 Å². The Kier molecular flexibility index (Phi) is 8.71. The zero-order chi connectivity index (χ0) is 20.4. The quantitative estimate of drug-likeness (QED) is 0.548. The number of hydrogen-bond donors (Lipinski definition) is 1. The molecule has 0 bridgehead atoms. The third kappa shape index (κ3) is 7.12. The number of nitrogens with one attached hydrogen (secondary N) is 1. The summed E-state index contributed by atoms with van der Waals surface area (Å²) in [5, 5.41) is 2.80. The van der Waals surface area contributed by atoms with E-state index in [1.807, 2.05) is 61.5 Å². The largest absolute Gasteiger partial charge is 0.445 e. The number of amides is 1. The summed E-state index contributed by atoms with van der Waals surface area (Å²) in [7, 11) is -3.36. The summed E-state index contributed by atoms with van der Waals surface area (Å²) >= 11 is 0. The van der Waals surface area contributed by atoms with Gasteiger partial charge in [-0.3, -0.25) is 4.57 Å². The van der Waals surface area contributed by atoms with Gasteiger partial charge in [-0.1, -0.05) is 60.2 Å². The minimum absolute atomic E-state index is 0.0260. The highest BCUT2D eigenvalue weighted by atomic mass is 31.2. The zero-order valence-corrected chi connectivity index (χ0v) is 17.5. The van der Waals surface area contributed by atoms with E-state index >= 15 is 0 Å². The van der Waals surface area contributed by atoms with Gasteiger partial charge in [0.2, 0.25) is 0 Å². The molecule has 1 amide bonds. The van der Waals surface area contributed by atoms with Gasteiger partial charge >= 0.3 is 13.7 Å². The fourth-order valence-electron chi connectivity index (χ4n) is 2.70. The molecular weight excluding hydrogens is 377 g/mol. The summed E-state index contributed by atoms with van der Waals surface area (Å²) in [5.74, 6) is 0. The highest BCUT2D eigenvalue weighted by Gasteiger charge is 2.30. The lowest BCUT2D eigenvalue weighted by Crippen LogP contribution is -2.31. The van der Waals surface area contributed by atoms with E-state index in [2.05, 4.69) is 5.32 Å². The van der Waals surface area contributed by atoms with Gasteiger partial charge in [-0.15, -0.1) is 0 Å². The number of hydrogen-bond acceptors (Lipinski definition) is 5. The van der Waals surface area contributed by atoms with Crippen molar-refractivity contribution >= 4 is 13.7 Å². The summed E-state index contributed by atoms with van der Waals surface area (Å²) in [4.78, 5) is 12.4. The molecule has 0 saturated carbocycles. The number of aryl methyl sites for hydroxylation is 1. The van der Waals surface area contributed by atoms with Gasteiger partial charge < -0.3 is 19.1 Å². The molecule has 0 fully saturated rings. The fraction of sp³-hybridized carbons (Fsp3) is 0.381. The molecule has 28 heavy (non-hydrogen) atoms. The molecule has 0 aliphatic carbocycles. The molecule has 152 valence electrons. The van der Waals surface area contributed by atoms with Crippen molar-refractivity contribution in [2.75, 3.05) is 19.4 Å². The molecule has 0 unspecified atom stereocenters. The zero-order valence-electron chi connectivity index (χ0n) is 16.6. The van der Waals surface area contributed by atoms with Crippen LogP contribution in [0.2, 0.25) is 0 Å². The predicted molar refractivity (Wildman–Crippen MR) is 109 cm³/mol. The van der Waals surface area contributed by atoms with Crippen LogP contribution in [-0.4, -0.2) is 25.5 Å². The van der Waals surface area contributed by atoms with E-state index < -0.39 is 19.7 Å². The summed E-state index contributed by atoms with van der Waals surface area (Å²) in [6.07, 6.45) is -0.563. The first kappa shape index (κ1) is 22.2. The average Bonchev–Trinajstić information content (AvgIpc) is 2.67. The van der Waals surface area contributed by atoms with Gasteiger partial charge in [-0.25, -0.2) is 4.79 Å². The molecule has 1 N–H and O–H groups in total. The summed E-state index contributed by atoms with van der Waals surface area (Å²) in [6.45, 7) is 6.17. The maximum Gasteiger partial charge on any atom is 0.407 e. The van der Waals surface area contributed by atoms with Crippen LogP contribution in [-0.2, 0) is 25.0 Å². The summed E-state index contributed by atoms with van der Waals surface area (Å²) in [6, 6.07) is 16.5. The average molecular weight is 405 g/mol. The summed E-state index contributed by atoms with van der Waals surface area (Å²) in [5.41, 5.74) is 2.78. The van der Waals surface area contributed by atoms with E-state index in [1.54, 1.807) is 13.8 Å². The van der Waals surface area contributed by atoms with Crippen molar-refractivity contribution in [2.24, 2.45) is 0 Å². The number of rotatable bonds is 10. The smallest absolute Gasteiger partial charge is 0.407 e. The molecule has 2 aromatic rings. The van der Waals surface area contributed by atoms with Crippen LogP contribution in [0.25, 0.3) is 0 Å². The molecule has 0 radical (unpaired) electrons. The van der Waals surface area contributed by atoms with Gasteiger partial charge in [-0.05, 0) is 31.9 Å². The third-order valence-corrected chi connectivity index (χ3v) is 6.16. The van der Waals surface area contributed by atoms with E-state index in [0.29, 0.717) is 0 Å². The van der Waals surface area contributed by atoms with Crippen LogP contribution >= 0.6 is 7.60 Å². The normalized spacial score (nSPS) is 12.4. The molecule has 7 heteroatoms. The first-order chi connectivity index (χ1) is 13.5. The van der Waals surface area contributed by atoms with E-state index in [0.717, 1.165) is 16.7 Å². The Labute approximate surface area is 166 Å². The minimum Gasteiger partial charge on any atom is -0.445 e. The highest BCUT2D eigenvalue weighted by Crippen LogP contribution is 2.50. The maximum absolute atomic E-state index is 13.0. The molecule has 0 aromatic heterocycles. The Bertz CT molecular complexity index is 769. The van der Waals surface area contributed by atoms with Crippen molar-refractivity contribution < 1.29 is 23.1 Å². The Morgan fingerprint density at radius 1 is 1.00 bits per heavy atom. The van der Waals surface area contributed by atoms with Crippen molar-refractivity contribution in [3.05, 3.63) is 71.3 Å². The van der Waals surface area contributed by atoms with Crippen molar-refractivity contribution in [1.82, 2.24) is 5.32 Å². The molecule has 0 aliphatic heterocycles. The molecule has 1 atom stereocenters. The lowest BCUT2D eigenvalue weighted by molar-refractivity contribution is 0.136. The van der Waals surface area contributed by atoms with Gasteiger partial charge in [0, 0.05) is 0 Å². The number of carbonyl (C=O) groups is 1. The highest BCUT2D eigenvalue weighted by molar-refractivity contribution is 7.53. The van der Waals surface area contributed by atoms with Gasteiger partial charge in [0.05, 0.1) is 25.4 Å². The molecule has 0 aliphatic rings. The topological polar surface area (TPSA) is 73.9 Å². The second kappa shape index (κ2) is 11.0. The Hall–Kier alpha value is -2.14. The minimum atomic E-state index is -3.36.